The Hall–Kier alpha value is -2.15. The molecular weight excluding hydrogens is 326 g/mol. The van der Waals surface area contributed by atoms with E-state index >= 15 is 0 Å². The van der Waals surface area contributed by atoms with Gasteiger partial charge in [-0.25, -0.2) is 13.1 Å². The summed E-state index contributed by atoms with van der Waals surface area (Å²) >= 11 is 0. The first-order valence-electron chi connectivity index (χ1n) is 8.18. The molecule has 0 unspecified atom stereocenters. The number of nitrogens with zero attached hydrogens (tertiary/aromatic N) is 2. The monoisotopic (exact) mass is 345 g/mol. The fourth-order valence-electron chi connectivity index (χ4n) is 3.23. The van der Waals surface area contributed by atoms with Gasteiger partial charge in [-0.15, -0.1) is 0 Å². The maximum atomic E-state index is 12.7. The fraction of sp³-hybridized carbons (Fsp3) is 0.412. The van der Waals surface area contributed by atoms with Gasteiger partial charge in [-0.1, -0.05) is 18.2 Å². The topological polar surface area (TPSA) is 81.1 Å². The Morgan fingerprint density at radius 1 is 1.17 bits per heavy atom. The van der Waals surface area contributed by atoms with Crippen molar-refractivity contribution in [3.8, 4) is 5.69 Å². The van der Waals surface area contributed by atoms with Crippen molar-refractivity contribution >= 4 is 15.7 Å². The summed E-state index contributed by atoms with van der Waals surface area (Å²) in [5.74, 6) is 0.308. The van der Waals surface area contributed by atoms with E-state index in [9.17, 15) is 13.2 Å². The van der Waals surface area contributed by atoms with E-state index in [0.717, 1.165) is 24.2 Å². The molecule has 1 aliphatic carbocycles. The largest absolute Gasteiger partial charge is 0.348 e. The molecule has 2 fully saturated rings. The fourth-order valence-corrected chi connectivity index (χ4v) is 4.90. The second-order valence-corrected chi connectivity index (χ2v) is 8.77. The first-order chi connectivity index (χ1) is 11.5. The average Bonchev–Trinajstić information content (AvgIpc) is 3.21. The van der Waals surface area contributed by atoms with Gasteiger partial charge in [-0.05, 0) is 31.4 Å². The SMILES string of the molecule is O=C(N[C@@H]1CCS(=O)(=O)C1)c1cnn(-c2ccccc2)c1C1CC1. The molecule has 1 saturated heterocycles. The van der Waals surface area contributed by atoms with Crippen molar-refractivity contribution in [2.75, 3.05) is 11.5 Å². The number of carbonyl (C=O) groups excluding carboxylic acids is 1. The normalized spacial score (nSPS) is 22.4. The lowest BCUT2D eigenvalue weighted by Gasteiger charge is -2.12. The number of benzene rings is 1. The second kappa shape index (κ2) is 5.73. The molecule has 1 saturated carbocycles. The molecule has 2 heterocycles. The highest BCUT2D eigenvalue weighted by molar-refractivity contribution is 7.91. The molecule has 1 amide bonds. The van der Waals surface area contributed by atoms with Crippen LogP contribution in [0.2, 0.25) is 0 Å². The van der Waals surface area contributed by atoms with Gasteiger partial charge in [0.15, 0.2) is 9.84 Å². The number of sulfone groups is 1. The van der Waals surface area contributed by atoms with Crippen molar-refractivity contribution in [3.05, 3.63) is 47.8 Å². The van der Waals surface area contributed by atoms with Crippen LogP contribution in [0.4, 0.5) is 0 Å². The summed E-state index contributed by atoms with van der Waals surface area (Å²) in [6, 6.07) is 9.45. The second-order valence-electron chi connectivity index (χ2n) is 6.54. The highest BCUT2D eigenvalue weighted by Gasteiger charge is 2.35. The van der Waals surface area contributed by atoms with Crippen LogP contribution in [0.15, 0.2) is 36.5 Å². The predicted octanol–water partition coefficient (Wildman–Crippen LogP) is 1.67. The first-order valence-corrected chi connectivity index (χ1v) is 10.0. The lowest BCUT2D eigenvalue weighted by atomic mass is 10.1. The Morgan fingerprint density at radius 2 is 1.92 bits per heavy atom. The maximum absolute atomic E-state index is 12.7. The van der Waals surface area contributed by atoms with E-state index in [0.29, 0.717) is 17.9 Å². The van der Waals surface area contributed by atoms with E-state index in [2.05, 4.69) is 10.4 Å². The zero-order valence-corrected chi connectivity index (χ0v) is 14.0. The smallest absolute Gasteiger partial charge is 0.255 e. The molecule has 24 heavy (non-hydrogen) atoms. The Labute approximate surface area is 140 Å². The van der Waals surface area contributed by atoms with Gasteiger partial charge in [-0.3, -0.25) is 4.79 Å². The molecule has 0 bridgehead atoms. The Morgan fingerprint density at radius 3 is 2.54 bits per heavy atom. The minimum Gasteiger partial charge on any atom is -0.348 e. The third kappa shape index (κ3) is 2.96. The third-order valence-electron chi connectivity index (χ3n) is 4.58. The highest BCUT2D eigenvalue weighted by Crippen LogP contribution is 2.42. The summed E-state index contributed by atoms with van der Waals surface area (Å²) in [5, 5.41) is 7.28. The van der Waals surface area contributed by atoms with Crippen LogP contribution in [-0.2, 0) is 9.84 Å². The molecule has 2 aliphatic rings. The number of nitrogens with one attached hydrogen (secondary N) is 1. The molecule has 1 N–H and O–H groups in total. The highest BCUT2D eigenvalue weighted by atomic mass is 32.2. The summed E-state index contributed by atoms with van der Waals surface area (Å²) in [5.41, 5.74) is 2.42. The molecule has 4 rings (SSSR count). The molecule has 7 heteroatoms. The van der Waals surface area contributed by atoms with E-state index in [1.807, 2.05) is 35.0 Å². The third-order valence-corrected chi connectivity index (χ3v) is 6.35. The van der Waals surface area contributed by atoms with E-state index in [1.54, 1.807) is 6.20 Å². The average molecular weight is 345 g/mol. The standard InChI is InChI=1S/C17H19N3O3S/c21-17(19-13-8-9-24(22,23)11-13)15-10-18-20(16(15)12-6-7-12)14-4-2-1-3-5-14/h1-5,10,12-13H,6-9,11H2,(H,19,21)/t13-/m1/s1. The Bertz CT molecular complexity index is 870. The van der Waals surface area contributed by atoms with Gasteiger partial charge in [0, 0.05) is 12.0 Å². The van der Waals surface area contributed by atoms with Crippen LogP contribution in [0, 0.1) is 0 Å². The number of hydrogen-bond acceptors (Lipinski definition) is 4. The van der Waals surface area contributed by atoms with Gasteiger partial charge >= 0.3 is 0 Å². The quantitative estimate of drug-likeness (QED) is 0.914. The van der Waals surface area contributed by atoms with E-state index in [-0.39, 0.29) is 23.5 Å². The maximum Gasteiger partial charge on any atom is 0.255 e. The molecular formula is C17H19N3O3S. The lowest BCUT2D eigenvalue weighted by Crippen LogP contribution is -2.35. The van der Waals surface area contributed by atoms with Gasteiger partial charge in [0.05, 0.1) is 34.6 Å². The number of para-hydroxylation sites is 1. The summed E-state index contributed by atoms with van der Waals surface area (Å²) < 4.78 is 25.0. The Kier molecular flexibility index (Phi) is 3.68. The van der Waals surface area contributed by atoms with Crippen LogP contribution in [0.1, 0.15) is 41.2 Å². The first kappa shape index (κ1) is 15.4. The molecule has 126 valence electrons. The van der Waals surface area contributed by atoms with E-state index in [4.69, 9.17) is 0 Å². The van der Waals surface area contributed by atoms with Crippen LogP contribution in [0.25, 0.3) is 5.69 Å². The van der Waals surface area contributed by atoms with Gasteiger partial charge < -0.3 is 5.32 Å². The van der Waals surface area contributed by atoms with Crippen LogP contribution < -0.4 is 5.32 Å². The van der Waals surface area contributed by atoms with Crippen molar-refractivity contribution in [3.63, 3.8) is 0 Å². The number of hydrogen-bond donors (Lipinski definition) is 1. The summed E-state index contributed by atoms with van der Waals surface area (Å²) in [6.45, 7) is 0. The number of aromatic nitrogens is 2. The number of amides is 1. The summed E-state index contributed by atoms with van der Waals surface area (Å²) in [6.07, 6.45) is 4.19. The summed E-state index contributed by atoms with van der Waals surface area (Å²) in [4.78, 5) is 12.7. The van der Waals surface area contributed by atoms with Gasteiger partial charge in [0.1, 0.15) is 0 Å². The molecule has 6 nitrogen and oxygen atoms in total. The van der Waals surface area contributed by atoms with E-state index < -0.39 is 9.84 Å². The zero-order chi connectivity index (χ0) is 16.7. The van der Waals surface area contributed by atoms with Crippen LogP contribution in [0.3, 0.4) is 0 Å². The number of carbonyl (C=O) groups is 1. The Balaban J connectivity index is 1.61. The molecule has 0 spiro atoms. The molecule has 1 aromatic carbocycles. The van der Waals surface area contributed by atoms with Gasteiger partial charge in [0.2, 0.25) is 0 Å². The summed E-state index contributed by atoms with van der Waals surface area (Å²) in [7, 11) is -3.01. The molecule has 1 atom stereocenters. The van der Waals surface area contributed by atoms with Crippen molar-refractivity contribution in [1.82, 2.24) is 15.1 Å². The van der Waals surface area contributed by atoms with Crippen LogP contribution in [-0.4, -0.2) is 41.7 Å². The number of rotatable bonds is 4. The van der Waals surface area contributed by atoms with Crippen molar-refractivity contribution in [1.29, 1.82) is 0 Å². The molecule has 1 aliphatic heterocycles. The van der Waals surface area contributed by atoms with Crippen molar-refractivity contribution in [2.24, 2.45) is 0 Å². The van der Waals surface area contributed by atoms with Gasteiger partial charge in [0.25, 0.3) is 5.91 Å². The zero-order valence-electron chi connectivity index (χ0n) is 13.2. The van der Waals surface area contributed by atoms with Crippen molar-refractivity contribution in [2.45, 2.75) is 31.2 Å². The van der Waals surface area contributed by atoms with Gasteiger partial charge in [-0.2, -0.15) is 5.10 Å². The molecule has 2 aromatic rings. The van der Waals surface area contributed by atoms with Crippen molar-refractivity contribution < 1.29 is 13.2 Å². The lowest BCUT2D eigenvalue weighted by molar-refractivity contribution is 0.0940. The van der Waals surface area contributed by atoms with Crippen LogP contribution >= 0.6 is 0 Å². The molecule has 1 aromatic heterocycles. The predicted molar refractivity (Wildman–Crippen MR) is 90.1 cm³/mol. The minimum absolute atomic E-state index is 0.0321. The van der Waals surface area contributed by atoms with E-state index in [1.165, 1.54) is 0 Å². The van der Waals surface area contributed by atoms with Crippen LogP contribution in [0.5, 0.6) is 0 Å². The minimum atomic E-state index is -3.01. The molecule has 0 radical (unpaired) electrons.